The SMILES string of the molecule is CN(CCBr)S(=O)(=O)c1ccc(-c2c(O)ccc3[nH]c(=O)c4sccc4c23)cc1. The summed E-state index contributed by atoms with van der Waals surface area (Å²) in [5.41, 5.74) is 1.66. The van der Waals surface area contributed by atoms with Gasteiger partial charge in [-0.2, -0.15) is 0 Å². The lowest BCUT2D eigenvalue weighted by atomic mass is 9.97. The molecule has 0 unspecified atom stereocenters. The average Bonchev–Trinajstić information content (AvgIpc) is 3.19. The third-order valence-electron chi connectivity index (χ3n) is 4.82. The Balaban J connectivity index is 1.91. The number of aromatic hydroxyl groups is 1. The Morgan fingerprint density at radius 3 is 2.55 bits per heavy atom. The summed E-state index contributed by atoms with van der Waals surface area (Å²) in [7, 11) is -2.06. The predicted molar refractivity (Wildman–Crippen MR) is 121 cm³/mol. The van der Waals surface area contributed by atoms with Gasteiger partial charge in [-0.3, -0.25) is 4.79 Å². The Labute approximate surface area is 179 Å². The molecule has 2 N–H and O–H groups in total. The molecule has 4 aromatic rings. The summed E-state index contributed by atoms with van der Waals surface area (Å²) in [6, 6.07) is 11.5. The van der Waals surface area contributed by atoms with Gasteiger partial charge in [-0.15, -0.1) is 11.3 Å². The molecule has 0 atom stereocenters. The smallest absolute Gasteiger partial charge is 0.266 e. The molecule has 9 heteroatoms. The number of nitrogens with zero attached hydrogens (tertiary/aromatic N) is 1. The Morgan fingerprint density at radius 2 is 1.86 bits per heavy atom. The first kappa shape index (κ1) is 20.1. The standard InChI is InChI=1S/C20H17BrN2O4S2/c1-23(10-9-21)29(26,27)13-4-2-12(3-5-13)17-16(24)7-6-15-18(17)14-8-11-28-19(14)20(25)22-15/h2-8,11,24H,9-10H2,1H3,(H,22,25). The summed E-state index contributed by atoms with van der Waals surface area (Å²) in [6.45, 7) is 0.359. The van der Waals surface area contributed by atoms with Gasteiger partial charge in [-0.05, 0) is 41.3 Å². The van der Waals surface area contributed by atoms with Crippen molar-refractivity contribution < 1.29 is 13.5 Å². The number of hydrogen-bond acceptors (Lipinski definition) is 5. The molecule has 0 aliphatic rings. The van der Waals surface area contributed by atoms with E-state index in [4.69, 9.17) is 0 Å². The number of thiophene rings is 1. The summed E-state index contributed by atoms with van der Waals surface area (Å²) in [5.74, 6) is 0.0593. The number of pyridine rings is 1. The first-order chi connectivity index (χ1) is 13.8. The van der Waals surface area contributed by atoms with Crippen LogP contribution in [0.25, 0.3) is 32.1 Å². The molecular weight excluding hydrogens is 476 g/mol. The summed E-state index contributed by atoms with van der Waals surface area (Å²) < 4.78 is 27.2. The van der Waals surface area contributed by atoms with Gasteiger partial charge in [0.2, 0.25) is 10.0 Å². The first-order valence-electron chi connectivity index (χ1n) is 8.72. The van der Waals surface area contributed by atoms with Gasteiger partial charge in [-0.1, -0.05) is 28.1 Å². The van der Waals surface area contributed by atoms with Crippen molar-refractivity contribution in [1.29, 1.82) is 0 Å². The maximum absolute atomic E-state index is 12.6. The van der Waals surface area contributed by atoms with Crippen molar-refractivity contribution >= 4 is 58.3 Å². The molecule has 2 heterocycles. The van der Waals surface area contributed by atoms with E-state index < -0.39 is 10.0 Å². The van der Waals surface area contributed by atoms with E-state index in [1.807, 2.05) is 11.4 Å². The van der Waals surface area contributed by atoms with Gasteiger partial charge in [0.15, 0.2) is 0 Å². The molecular formula is C20H17BrN2O4S2. The van der Waals surface area contributed by atoms with Gasteiger partial charge in [-0.25, -0.2) is 12.7 Å². The molecule has 150 valence electrons. The highest BCUT2D eigenvalue weighted by molar-refractivity contribution is 9.09. The van der Waals surface area contributed by atoms with Crippen LogP contribution < -0.4 is 5.56 Å². The average molecular weight is 493 g/mol. The number of benzene rings is 2. The second kappa shape index (κ2) is 7.56. The number of halogens is 1. The van der Waals surface area contributed by atoms with Gasteiger partial charge < -0.3 is 10.1 Å². The lowest BCUT2D eigenvalue weighted by Gasteiger charge is -2.16. The van der Waals surface area contributed by atoms with Gasteiger partial charge >= 0.3 is 0 Å². The monoisotopic (exact) mass is 492 g/mol. The largest absolute Gasteiger partial charge is 0.507 e. The van der Waals surface area contributed by atoms with E-state index in [-0.39, 0.29) is 16.2 Å². The fraction of sp³-hybridized carbons (Fsp3) is 0.150. The number of rotatable bonds is 5. The second-order valence-electron chi connectivity index (χ2n) is 6.54. The molecule has 0 saturated heterocycles. The van der Waals surface area contributed by atoms with Gasteiger partial charge in [0.1, 0.15) is 10.4 Å². The second-order valence-corrected chi connectivity index (χ2v) is 10.3. The zero-order chi connectivity index (χ0) is 20.8. The van der Waals surface area contributed by atoms with Crippen molar-refractivity contribution in [2.24, 2.45) is 0 Å². The maximum Gasteiger partial charge on any atom is 0.266 e. The molecule has 0 saturated carbocycles. The number of sulfonamides is 1. The van der Waals surface area contributed by atoms with Crippen LogP contribution in [0.3, 0.4) is 0 Å². The minimum absolute atomic E-state index is 0.0593. The molecule has 0 radical (unpaired) electrons. The molecule has 29 heavy (non-hydrogen) atoms. The number of aromatic amines is 1. The van der Waals surface area contributed by atoms with E-state index in [0.29, 0.717) is 33.2 Å². The molecule has 0 bridgehead atoms. The van der Waals surface area contributed by atoms with E-state index >= 15 is 0 Å². The number of hydrogen-bond donors (Lipinski definition) is 2. The summed E-state index contributed by atoms with van der Waals surface area (Å²) in [4.78, 5) is 15.3. The molecule has 0 amide bonds. The van der Waals surface area contributed by atoms with Crippen molar-refractivity contribution in [3.05, 3.63) is 58.2 Å². The number of aromatic nitrogens is 1. The topological polar surface area (TPSA) is 90.5 Å². The van der Waals surface area contributed by atoms with Crippen molar-refractivity contribution in [3.63, 3.8) is 0 Å². The van der Waals surface area contributed by atoms with Crippen LogP contribution >= 0.6 is 27.3 Å². The Morgan fingerprint density at radius 1 is 1.14 bits per heavy atom. The van der Waals surface area contributed by atoms with Crippen LogP contribution in [0.15, 0.2) is 57.5 Å². The third kappa shape index (κ3) is 3.38. The van der Waals surface area contributed by atoms with Crippen LogP contribution in [0.5, 0.6) is 5.75 Å². The number of phenols is 1. The summed E-state index contributed by atoms with van der Waals surface area (Å²) in [5, 5.41) is 14.5. The van der Waals surface area contributed by atoms with E-state index in [0.717, 1.165) is 10.8 Å². The lowest BCUT2D eigenvalue weighted by Crippen LogP contribution is -2.28. The van der Waals surface area contributed by atoms with Gasteiger partial charge in [0, 0.05) is 40.8 Å². The molecule has 0 spiro atoms. The van der Waals surface area contributed by atoms with E-state index in [1.54, 1.807) is 18.2 Å². The molecule has 0 aliphatic heterocycles. The highest BCUT2D eigenvalue weighted by Crippen LogP contribution is 2.39. The van der Waals surface area contributed by atoms with Crippen molar-refractivity contribution in [1.82, 2.24) is 9.29 Å². The van der Waals surface area contributed by atoms with Gasteiger partial charge in [0.25, 0.3) is 5.56 Å². The van der Waals surface area contributed by atoms with Crippen molar-refractivity contribution in [2.45, 2.75) is 4.90 Å². The number of alkyl halides is 1. The normalized spacial score (nSPS) is 12.2. The van der Waals surface area contributed by atoms with E-state index in [9.17, 15) is 18.3 Å². The molecule has 6 nitrogen and oxygen atoms in total. The van der Waals surface area contributed by atoms with E-state index in [2.05, 4.69) is 20.9 Å². The van der Waals surface area contributed by atoms with Crippen molar-refractivity contribution in [3.8, 4) is 16.9 Å². The summed E-state index contributed by atoms with van der Waals surface area (Å²) in [6.07, 6.45) is 0. The van der Waals surface area contributed by atoms with Crippen LogP contribution in [0.2, 0.25) is 0 Å². The molecule has 0 fully saturated rings. The van der Waals surface area contributed by atoms with Crippen LogP contribution in [0, 0.1) is 0 Å². The zero-order valence-corrected chi connectivity index (χ0v) is 18.6. The van der Waals surface area contributed by atoms with Gasteiger partial charge in [0.05, 0.1) is 4.90 Å². The molecule has 0 aliphatic carbocycles. The molecule has 2 aromatic carbocycles. The molecule has 4 rings (SSSR count). The fourth-order valence-electron chi connectivity index (χ4n) is 3.34. The quantitative estimate of drug-likeness (QED) is 0.409. The number of fused-ring (bicyclic) bond motifs is 3. The van der Waals surface area contributed by atoms with Crippen LogP contribution in [0.1, 0.15) is 0 Å². The first-order valence-corrected chi connectivity index (χ1v) is 12.2. The third-order valence-corrected chi connectivity index (χ3v) is 7.96. The van der Waals surface area contributed by atoms with Crippen LogP contribution in [-0.2, 0) is 10.0 Å². The zero-order valence-electron chi connectivity index (χ0n) is 15.3. The number of nitrogens with one attached hydrogen (secondary N) is 1. The minimum atomic E-state index is -3.59. The highest BCUT2D eigenvalue weighted by atomic mass is 79.9. The Kier molecular flexibility index (Phi) is 5.24. The van der Waals surface area contributed by atoms with E-state index in [1.165, 1.54) is 40.9 Å². The predicted octanol–water partition coefficient (Wildman–Crippen LogP) is 4.13. The van der Waals surface area contributed by atoms with Crippen LogP contribution in [-0.4, -0.2) is 41.7 Å². The fourth-order valence-corrected chi connectivity index (χ4v) is 6.08. The number of H-pyrrole nitrogens is 1. The Hall–Kier alpha value is -2.20. The highest BCUT2D eigenvalue weighted by Gasteiger charge is 2.21. The Bertz CT molecular complexity index is 1380. The maximum atomic E-state index is 12.6. The number of phenolic OH excluding ortho intramolecular Hbond substituents is 1. The summed E-state index contributed by atoms with van der Waals surface area (Å²) >= 11 is 4.59. The molecule has 2 aromatic heterocycles. The minimum Gasteiger partial charge on any atom is -0.507 e. The van der Waals surface area contributed by atoms with Crippen molar-refractivity contribution in [2.75, 3.05) is 18.9 Å². The van der Waals surface area contributed by atoms with Crippen LogP contribution in [0.4, 0.5) is 0 Å². The lowest BCUT2D eigenvalue weighted by molar-refractivity contribution is 0.478.